The molecule has 0 radical (unpaired) electrons. The summed E-state index contributed by atoms with van der Waals surface area (Å²) in [4.78, 5) is 7.69. The van der Waals surface area contributed by atoms with Crippen molar-refractivity contribution in [3.63, 3.8) is 0 Å². The number of hydrogen-bond acceptors (Lipinski definition) is 1. The first kappa shape index (κ1) is 9.75. The average molecular weight is 192 g/mol. The van der Waals surface area contributed by atoms with Crippen LogP contribution in [-0.4, -0.2) is 9.97 Å². The summed E-state index contributed by atoms with van der Waals surface area (Å²) in [7, 11) is 0. The second-order valence-electron chi connectivity index (χ2n) is 4.83. The number of imidazole rings is 1. The third kappa shape index (κ3) is 1.99. The summed E-state index contributed by atoms with van der Waals surface area (Å²) in [6.07, 6.45) is 9.25. The molecule has 78 valence electrons. The van der Waals surface area contributed by atoms with Crippen LogP contribution in [0.15, 0.2) is 12.4 Å². The van der Waals surface area contributed by atoms with E-state index in [0.717, 1.165) is 11.8 Å². The predicted octanol–water partition coefficient (Wildman–Crippen LogP) is 3.34. The van der Waals surface area contributed by atoms with E-state index in [4.69, 9.17) is 0 Å². The number of hydrogen-bond donors (Lipinski definition) is 1. The van der Waals surface area contributed by atoms with E-state index in [1.807, 2.05) is 12.4 Å². The maximum atomic E-state index is 4.41. The standard InChI is InChI=1S/C12H20N2/c1-9-4-3-5-10(2)11(8-9)12-13-6-7-14-12/h6-7,9-11H,3-5,8H2,1-2H3,(H,13,14). The molecule has 1 N–H and O–H groups in total. The average Bonchev–Trinajstić information content (AvgIpc) is 2.61. The normalized spacial score (nSPS) is 34.0. The lowest BCUT2D eigenvalue weighted by Gasteiger charge is -2.20. The summed E-state index contributed by atoms with van der Waals surface area (Å²) in [6, 6.07) is 0. The lowest BCUT2D eigenvalue weighted by molar-refractivity contribution is 0.392. The van der Waals surface area contributed by atoms with Gasteiger partial charge in [0.1, 0.15) is 5.82 Å². The molecule has 0 amide bonds. The molecular weight excluding hydrogens is 172 g/mol. The van der Waals surface area contributed by atoms with Gasteiger partial charge < -0.3 is 4.98 Å². The van der Waals surface area contributed by atoms with E-state index >= 15 is 0 Å². The number of H-pyrrole nitrogens is 1. The van der Waals surface area contributed by atoms with E-state index in [9.17, 15) is 0 Å². The van der Waals surface area contributed by atoms with Crippen LogP contribution in [0.2, 0.25) is 0 Å². The van der Waals surface area contributed by atoms with Gasteiger partial charge in [0.25, 0.3) is 0 Å². The van der Waals surface area contributed by atoms with Crippen molar-refractivity contribution in [1.29, 1.82) is 0 Å². The fourth-order valence-corrected chi connectivity index (χ4v) is 2.63. The first-order chi connectivity index (χ1) is 6.77. The summed E-state index contributed by atoms with van der Waals surface area (Å²) in [6.45, 7) is 4.74. The van der Waals surface area contributed by atoms with E-state index in [0.29, 0.717) is 5.92 Å². The Morgan fingerprint density at radius 1 is 1.36 bits per heavy atom. The van der Waals surface area contributed by atoms with Crippen molar-refractivity contribution in [1.82, 2.24) is 9.97 Å². The van der Waals surface area contributed by atoms with Crippen LogP contribution in [0.25, 0.3) is 0 Å². The minimum atomic E-state index is 0.655. The molecule has 1 fully saturated rings. The number of aromatic nitrogens is 2. The SMILES string of the molecule is CC1CCCC(C)C(c2ncc[nH]2)C1. The van der Waals surface area contributed by atoms with Gasteiger partial charge in [-0.05, 0) is 18.3 Å². The first-order valence-electron chi connectivity index (χ1n) is 5.76. The molecule has 0 aromatic carbocycles. The van der Waals surface area contributed by atoms with Gasteiger partial charge in [-0.3, -0.25) is 0 Å². The molecule has 2 heteroatoms. The molecule has 3 atom stereocenters. The van der Waals surface area contributed by atoms with Gasteiger partial charge in [-0.15, -0.1) is 0 Å². The van der Waals surface area contributed by atoms with E-state index in [1.54, 1.807) is 0 Å². The Morgan fingerprint density at radius 3 is 2.93 bits per heavy atom. The van der Waals surface area contributed by atoms with Crippen LogP contribution in [0.5, 0.6) is 0 Å². The molecular formula is C12H20N2. The Labute approximate surface area is 86.1 Å². The topological polar surface area (TPSA) is 28.7 Å². The number of rotatable bonds is 1. The molecule has 0 saturated heterocycles. The lowest BCUT2D eigenvalue weighted by Crippen LogP contribution is -2.11. The summed E-state index contributed by atoms with van der Waals surface area (Å²) in [5, 5.41) is 0. The zero-order valence-corrected chi connectivity index (χ0v) is 9.16. The van der Waals surface area contributed by atoms with Crippen molar-refractivity contribution in [2.45, 2.75) is 45.4 Å². The maximum absolute atomic E-state index is 4.41. The molecule has 1 aliphatic carbocycles. The van der Waals surface area contributed by atoms with Crippen molar-refractivity contribution in [3.8, 4) is 0 Å². The quantitative estimate of drug-likeness (QED) is 0.679. The monoisotopic (exact) mass is 192 g/mol. The van der Waals surface area contributed by atoms with Crippen LogP contribution in [0, 0.1) is 11.8 Å². The molecule has 2 nitrogen and oxygen atoms in total. The molecule has 1 aromatic rings. The number of nitrogens with one attached hydrogen (secondary N) is 1. The molecule has 3 unspecified atom stereocenters. The zero-order valence-electron chi connectivity index (χ0n) is 9.16. The van der Waals surface area contributed by atoms with Gasteiger partial charge in [0.15, 0.2) is 0 Å². The minimum absolute atomic E-state index is 0.655. The predicted molar refractivity (Wildman–Crippen MR) is 58.1 cm³/mol. The summed E-state index contributed by atoms with van der Waals surface area (Å²) < 4.78 is 0. The van der Waals surface area contributed by atoms with Gasteiger partial charge in [-0.1, -0.05) is 33.1 Å². The van der Waals surface area contributed by atoms with E-state index < -0.39 is 0 Å². The fourth-order valence-electron chi connectivity index (χ4n) is 2.63. The van der Waals surface area contributed by atoms with Crippen molar-refractivity contribution in [2.24, 2.45) is 11.8 Å². The van der Waals surface area contributed by atoms with Gasteiger partial charge in [0, 0.05) is 18.3 Å². The van der Waals surface area contributed by atoms with E-state index in [-0.39, 0.29) is 0 Å². The Morgan fingerprint density at radius 2 is 2.21 bits per heavy atom. The molecule has 14 heavy (non-hydrogen) atoms. The lowest BCUT2D eigenvalue weighted by atomic mass is 9.87. The van der Waals surface area contributed by atoms with Gasteiger partial charge in [0.05, 0.1) is 0 Å². The molecule has 0 bridgehead atoms. The first-order valence-corrected chi connectivity index (χ1v) is 5.76. The van der Waals surface area contributed by atoms with E-state index in [2.05, 4.69) is 23.8 Å². The smallest absolute Gasteiger partial charge is 0.109 e. The van der Waals surface area contributed by atoms with Gasteiger partial charge >= 0.3 is 0 Å². The van der Waals surface area contributed by atoms with Crippen molar-refractivity contribution in [3.05, 3.63) is 18.2 Å². The van der Waals surface area contributed by atoms with Crippen LogP contribution >= 0.6 is 0 Å². The van der Waals surface area contributed by atoms with Gasteiger partial charge in [-0.2, -0.15) is 0 Å². The molecule has 2 rings (SSSR count). The third-order valence-electron chi connectivity index (χ3n) is 3.57. The highest BCUT2D eigenvalue weighted by Crippen LogP contribution is 2.36. The third-order valence-corrected chi connectivity index (χ3v) is 3.57. The fraction of sp³-hybridized carbons (Fsp3) is 0.750. The Kier molecular flexibility index (Phi) is 2.90. The summed E-state index contributed by atoms with van der Waals surface area (Å²) >= 11 is 0. The Balaban J connectivity index is 2.14. The summed E-state index contributed by atoms with van der Waals surface area (Å²) in [5.74, 6) is 3.50. The minimum Gasteiger partial charge on any atom is -0.348 e. The highest BCUT2D eigenvalue weighted by atomic mass is 14.9. The molecule has 1 saturated carbocycles. The maximum Gasteiger partial charge on any atom is 0.109 e. The zero-order chi connectivity index (χ0) is 9.97. The van der Waals surface area contributed by atoms with Crippen LogP contribution in [0.3, 0.4) is 0 Å². The number of nitrogens with zero attached hydrogens (tertiary/aromatic N) is 1. The van der Waals surface area contributed by atoms with Crippen LogP contribution < -0.4 is 0 Å². The second kappa shape index (κ2) is 4.16. The molecule has 1 aliphatic rings. The van der Waals surface area contributed by atoms with Gasteiger partial charge in [0.2, 0.25) is 0 Å². The molecule has 1 aromatic heterocycles. The van der Waals surface area contributed by atoms with E-state index in [1.165, 1.54) is 31.5 Å². The van der Waals surface area contributed by atoms with Crippen LogP contribution in [0.1, 0.15) is 51.3 Å². The second-order valence-corrected chi connectivity index (χ2v) is 4.83. The molecule has 0 spiro atoms. The Bertz CT molecular complexity index is 266. The van der Waals surface area contributed by atoms with Crippen LogP contribution in [0.4, 0.5) is 0 Å². The molecule has 0 aliphatic heterocycles. The molecule has 1 heterocycles. The number of aromatic amines is 1. The highest BCUT2D eigenvalue weighted by molar-refractivity contribution is 5.00. The Hall–Kier alpha value is -0.790. The van der Waals surface area contributed by atoms with Crippen molar-refractivity contribution in [2.75, 3.05) is 0 Å². The largest absolute Gasteiger partial charge is 0.348 e. The summed E-state index contributed by atoms with van der Waals surface area (Å²) in [5.41, 5.74) is 0. The van der Waals surface area contributed by atoms with Crippen molar-refractivity contribution >= 4 is 0 Å². The van der Waals surface area contributed by atoms with Crippen LogP contribution in [-0.2, 0) is 0 Å². The van der Waals surface area contributed by atoms with Crippen molar-refractivity contribution < 1.29 is 0 Å². The van der Waals surface area contributed by atoms with Gasteiger partial charge in [-0.25, -0.2) is 4.98 Å². The highest BCUT2D eigenvalue weighted by Gasteiger charge is 2.26.